The lowest BCUT2D eigenvalue weighted by Crippen LogP contribution is -2.39. The Morgan fingerprint density at radius 2 is 2.26 bits per heavy atom. The lowest BCUT2D eigenvalue weighted by Gasteiger charge is -2.25. The van der Waals surface area contributed by atoms with Gasteiger partial charge in [-0.05, 0) is 26.6 Å². The van der Waals surface area contributed by atoms with Gasteiger partial charge in [0.25, 0.3) is 0 Å². The summed E-state index contributed by atoms with van der Waals surface area (Å²) in [6, 6.07) is 0.448. The van der Waals surface area contributed by atoms with Crippen molar-refractivity contribution in [3.8, 4) is 0 Å². The first-order valence-electron chi connectivity index (χ1n) is 6.71. The molecule has 5 nitrogen and oxygen atoms in total. The maximum Gasteiger partial charge on any atom is 0.138 e. The van der Waals surface area contributed by atoms with Crippen molar-refractivity contribution in [3.05, 3.63) is 10.6 Å². The zero-order valence-corrected chi connectivity index (χ0v) is 12.3. The predicted octanol–water partition coefficient (Wildman–Crippen LogP) is 1.38. The molecule has 0 atom stereocenters. The maximum absolute atomic E-state index is 5.39. The zero-order valence-electron chi connectivity index (χ0n) is 11.4. The summed E-state index contributed by atoms with van der Waals surface area (Å²) in [5, 5.41) is 6.62. The van der Waals surface area contributed by atoms with Crippen molar-refractivity contribution in [2.45, 2.75) is 25.3 Å². The lowest BCUT2D eigenvalue weighted by atomic mass is 10.1. The van der Waals surface area contributed by atoms with Gasteiger partial charge in [0, 0.05) is 31.4 Å². The molecular formula is C13H22N4OS. The molecule has 0 radical (unpaired) electrons. The molecule has 0 aliphatic carbocycles. The van der Waals surface area contributed by atoms with E-state index in [0.717, 1.165) is 54.7 Å². The third-order valence-corrected chi connectivity index (χ3v) is 4.34. The monoisotopic (exact) mass is 282 g/mol. The van der Waals surface area contributed by atoms with E-state index in [2.05, 4.69) is 27.3 Å². The van der Waals surface area contributed by atoms with Crippen molar-refractivity contribution in [1.82, 2.24) is 10.6 Å². The molecule has 1 fully saturated rings. The number of rotatable bonds is 5. The normalized spacial score (nSPS) is 21.8. The van der Waals surface area contributed by atoms with E-state index in [0.29, 0.717) is 12.7 Å². The molecule has 2 rings (SSSR count). The number of hydrogen-bond donors (Lipinski definition) is 2. The molecule has 0 unspecified atom stereocenters. The summed E-state index contributed by atoms with van der Waals surface area (Å²) >= 11 is 1.82. The van der Waals surface area contributed by atoms with Crippen LogP contribution in [0, 0.1) is 0 Å². The topological polar surface area (TPSA) is 58.0 Å². The quantitative estimate of drug-likeness (QED) is 0.591. The molecule has 2 aliphatic rings. The lowest BCUT2D eigenvalue weighted by molar-refractivity contribution is 0.0825. The van der Waals surface area contributed by atoms with Crippen molar-refractivity contribution in [3.63, 3.8) is 0 Å². The SMILES string of the molecule is C=NC1=C(/C(=N\CNC)NC2CCOCC2)SCC1. The summed E-state index contributed by atoms with van der Waals surface area (Å²) in [6.07, 6.45) is 3.05. The molecule has 0 aromatic rings. The Morgan fingerprint density at radius 1 is 1.47 bits per heavy atom. The van der Waals surface area contributed by atoms with Gasteiger partial charge in [0.1, 0.15) is 5.84 Å². The van der Waals surface area contributed by atoms with Crippen LogP contribution >= 0.6 is 11.8 Å². The summed E-state index contributed by atoms with van der Waals surface area (Å²) in [4.78, 5) is 9.90. The highest BCUT2D eigenvalue weighted by atomic mass is 32.2. The van der Waals surface area contributed by atoms with Crippen molar-refractivity contribution in [2.24, 2.45) is 9.98 Å². The first kappa shape index (κ1) is 14.6. The van der Waals surface area contributed by atoms with Crippen LogP contribution < -0.4 is 10.6 Å². The van der Waals surface area contributed by atoms with Crippen molar-refractivity contribution >= 4 is 24.3 Å². The van der Waals surface area contributed by atoms with Crippen LogP contribution in [0.4, 0.5) is 0 Å². The molecule has 1 saturated heterocycles. The van der Waals surface area contributed by atoms with Gasteiger partial charge in [-0.3, -0.25) is 9.98 Å². The van der Waals surface area contributed by atoms with Crippen LogP contribution in [-0.2, 0) is 4.74 Å². The second-order valence-electron chi connectivity index (χ2n) is 4.58. The molecule has 2 N–H and O–H groups in total. The molecule has 106 valence electrons. The van der Waals surface area contributed by atoms with Gasteiger partial charge >= 0.3 is 0 Å². The smallest absolute Gasteiger partial charge is 0.138 e. The molecule has 2 aliphatic heterocycles. The second kappa shape index (κ2) is 7.67. The Balaban J connectivity index is 2.09. The van der Waals surface area contributed by atoms with E-state index < -0.39 is 0 Å². The maximum atomic E-state index is 5.39. The number of nitrogens with zero attached hydrogens (tertiary/aromatic N) is 2. The van der Waals surface area contributed by atoms with Crippen LogP contribution in [0.5, 0.6) is 0 Å². The van der Waals surface area contributed by atoms with E-state index in [1.807, 2.05) is 18.8 Å². The van der Waals surface area contributed by atoms with E-state index in [1.165, 1.54) is 0 Å². The first-order valence-corrected chi connectivity index (χ1v) is 7.70. The van der Waals surface area contributed by atoms with Gasteiger partial charge in [-0.1, -0.05) is 0 Å². The number of thioether (sulfide) groups is 1. The van der Waals surface area contributed by atoms with Crippen LogP contribution in [0.3, 0.4) is 0 Å². The van der Waals surface area contributed by atoms with Crippen LogP contribution in [0.1, 0.15) is 19.3 Å². The summed E-state index contributed by atoms with van der Waals surface area (Å²) in [7, 11) is 1.90. The zero-order chi connectivity index (χ0) is 13.5. The minimum absolute atomic E-state index is 0.448. The van der Waals surface area contributed by atoms with Gasteiger partial charge in [0.05, 0.1) is 17.3 Å². The summed E-state index contributed by atoms with van der Waals surface area (Å²) in [6.45, 7) is 5.93. The minimum Gasteiger partial charge on any atom is -0.381 e. The number of ether oxygens (including phenoxy) is 1. The Hall–Kier alpha value is -0.850. The molecule has 19 heavy (non-hydrogen) atoms. The Kier molecular flexibility index (Phi) is 5.88. The Bertz CT molecular complexity index is 375. The third-order valence-electron chi connectivity index (χ3n) is 3.21. The van der Waals surface area contributed by atoms with E-state index in [1.54, 1.807) is 0 Å². The standard InChI is InChI=1S/C13H22N4OS/c1-14-9-16-13(12-11(15-2)5-8-19-12)17-10-3-6-18-7-4-10/h10,14H,2-9H2,1H3,(H,16,17). The highest BCUT2D eigenvalue weighted by Gasteiger charge is 2.22. The fourth-order valence-corrected chi connectivity index (χ4v) is 3.27. The van der Waals surface area contributed by atoms with E-state index in [4.69, 9.17) is 4.74 Å². The van der Waals surface area contributed by atoms with E-state index in [-0.39, 0.29) is 0 Å². The first-order chi connectivity index (χ1) is 9.35. The largest absolute Gasteiger partial charge is 0.381 e. The van der Waals surface area contributed by atoms with Crippen molar-refractivity contribution in [1.29, 1.82) is 0 Å². The van der Waals surface area contributed by atoms with E-state index >= 15 is 0 Å². The van der Waals surface area contributed by atoms with Gasteiger partial charge in [-0.15, -0.1) is 11.8 Å². The number of nitrogens with one attached hydrogen (secondary N) is 2. The van der Waals surface area contributed by atoms with Crippen LogP contribution in [0.2, 0.25) is 0 Å². The Labute approximate surface area is 119 Å². The average molecular weight is 282 g/mol. The van der Waals surface area contributed by atoms with E-state index in [9.17, 15) is 0 Å². The molecule has 0 bridgehead atoms. The molecular weight excluding hydrogens is 260 g/mol. The minimum atomic E-state index is 0.448. The van der Waals surface area contributed by atoms with Gasteiger partial charge < -0.3 is 15.4 Å². The van der Waals surface area contributed by atoms with Gasteiger partial charge in [0.2, 0.25) is 0 Å². The number of hydrogen-bond acceptors (Lipinski definition) is 5. The predicted molar refractivity (Wildman–Crippen MR) is 82.0 cm³/mol. The number of aliphatic imine (C=N–C) groups is 2. The van der Waals surface area contributed by atoms with Gasteiger partial charge in [0.15, 0.2) is 0 Å². The molecule has 0 spiro atoms. The summed E-state index contributed by atoms with van der Waals surface area (Å²) < 4.78 is 5.39. The number of amidine groups is 1. The van der Waals surface area contributed by atoms with Gasteiger partial charge in [-0.25, -0.2) is 0 Å². The fourth-order valence-electron chi connectivity index (χ4n) is 2.18. The van der Waals surface area contributed by atoms with Gasteiger partial charge in [-0.2, -0.15) is 0 Å². The fraction of sp³-hybridized carbons (Fsp3) is 0.692. The molecule has 2 heterocycles. The molecule has 0 aromatic heterocycles. The van der Waals surface area contributed by atoms with Crippen molar-refractivity contribution < 1.29 is 4.74 Å². The molecule has 0 aromatic carbocycles. The Morgan fingerprint density at radius 3 is 2.95 bits per heavy atom. The van der Waals surface area contributed by atoms with Crippen LogP contribution in [-0.4, -0.2) is 51.3 Å². The van der Waals surface area contributed by atoms with Crippen molar-refractivity contribution in [2.75, 3.05) is 32.7 Å². The molecule has 0 amide bonds. The average Bonchev–Trinajstić information content (AvgIpc) is 2.93. The van der Waals surface area contributed by atoms with Crippen LogP contribution in [0.15, 0.2) is 20.6 Å². The second-order valence-corrected chi connectivity index (χ2v) is 5.69. The van der Waals surface area contributed by atoms with Crippen LogP contribution in [0.25, 0.3) is 0 Å². The molecule has 0 saturated carbocycles. The number of allylic oxidation sites excluding steroid dienone is 1. The summed E-state index contributed by atoms with van der Waals surface area (Å²) in [5.74, 6) is 2.03. The third kappa shape index (κ3) is 4.06. The highest BCUT2D eigenvalue weighted by Crippen LogP contribution is 2.32. The molecule has 6 heteroatoms. The highest BCUT2D eigenvalue weighted by molar-refractivity contribution is 8.04. The summed E-state index contributed by atoms with van der Waals surface area (Å²) in [5.41, 5.74) is 1.07.